The number of thiazole rings is 1. The third-order valence-electron chi connectivity index (χ3n) is 3.92. The summed E-state index contributed by atoms with van der Waals surface area (Å²) in [6.45, 7) is 5.68. The van der Waals surface area contributed by atoms with Crippen molar-refractivity contribution in [2.75, 3.05) is 10.6 Å². The standard InChI is InChI=1S/C19H22N4O2S/c1-12(2)10-16(23-8-4-5-9-23)18(25)22-19-21-15-7-6-14(20-13(3)24)11-17(15)26-19/h4-9,11-12,16H,10H2,1-3H3,(H,20,24)(H,21,22,25)/t16-/m1/s1. The van der Waals surface area contributed by atoms with Gasteiger partial charge in [-0.15, -0.1) is 0 Å². The molecule has 2 aromatic heterocycles. The van der Waals surface area contributed by atoms with Gasteiger partial charge in [0.1, 0.15) is 6.04 Å². The zero-order chi connectivity index (χ0) is 18.7. The van der Waals surface area contributed by atoms with Crippen molar-refractivity contribution in [2.24, 2.45) is 5.92 Å². The summed E-state index contributed by atoms with van der Waals surface area (Å²) in [5.41, 5.74) is 1.51. The molecule has 0 bridgehead atoms. The maximum atomic E-state index is 12.8. The van der Waals surface area contributed by atoms with Crippen LogP contribution in [0.25, 0.3) is 10.2 Å². The molecule has 3 rings (SSSR count). The van der Waals surface area contributed by atoms with Crippen LogP contribution in [0.2, 0.25) is 0 Å². The first-order valence-electron chi connectivity index (χ1n) is 8.54. The molecular weight excluding hydrogens is 348 g/mol. The Bertz CT molecular complexity index is 915. The second kappa shape index (κ2) is 7.70. The van der Waals surface area contributed by atoms with Gasteiger partial charge in [0, 0.05) is 25.0 Å². The number of aromatic nitrogens is 2. The second-order valence-corrected chi connectivity index (χ2v) is 7.68. The van der Waals surface area contributed by atoms with Crippen LogP contribution in [0.15, 0.2) is 42.7 Å². The Hall–Kier alpha value is -2.67. The van der Waals surface area contributed by atoms with Gasteiger partial charge in [0.2, 0.25) is 11.8 Å². The van der Waals surface area contributed by atoms with E-state index in [2.05, 4.69) is 29.5 Å². The Kier molecular flexibility index (Phi) is 5.37. The van der Waals surface area contributed by atoms with E-state index in [1.807, 2.05) is 41.2 Å². The van der Waals surface area contributed by atoms with Gasteiger partial charge in [-0.3, -0.25) is 9.59 Å². The number of carbonyl (C=O) groups is 2. The highest BCUT2D eigenvalue weighted by Crippen LogP contribution is 2.29. The fraction of sp³-hybridized carbons (Fsp3) is 0.316. The van der Waals surface area contributed by atoms with Crippen molar-refractivity contribution in [3.05, 3.63) is 42.7 Å². The fourth-order valence-electron chi connectivity index (χ4n) is 2.81. The molecule has 0 aliphatic rings. The smallest absolute Gasteiger partial charge is 0.249 e. The fourth-order valence-corrected chi connectivity index (χ4v) is 3.72. The van der Waals surface area contributed by atoms with E-state index in [9.17, 15) is 9.59 Å². The van der Waals surface area contributed by atoms with Gasteiger partial charge in [-0.1, -0.05) is 25.2 Å². The highest BCUT2D eigenvalue weighted by Gasteiger charge is 2.22. The van der Waals surface area contributed by atoms with E-state index < -0.39 is 0 Å². The topological polar surface area (TPSA) is 76.0 Å². The third-order valence-corrected chi connectivity index (χ3v) is 4.86. The summed E-state index contributed by atoms with van der Waals surface area (Å²) in [7, 11) is 0. The van der Waals surface area contributed by atoms with Gasteiger partial charge in [0.15, 0.2) is 5.13 Å². The molecule has 3 aromatic rings. The Morgan fingerprint density at radius 2 is 1.92 bits per heavy atom. The molecule has 0 unspecified atom stereocenters. The van der Waals surface area contributed by atoms with Crippen molar-refractivity contribution in [1.82, 2.24) is 9.55 Å². The highest BCUT2D eigenvalue weighted by atomic mass is 32.1. The van der Waals surface area contributed by atoms with Crippen molar-refractivity contribution in [3.63, 3.8) is 0 Å². The average molecular weight is 370 g/mol. The molecule has 0 saturated heterocycles. The number of hydrogen-bond acceptors (Lipinski definition) is 4. The Labute approximate surface area is 156 Å². The lowest BCUT2D eigenvalue weighted by atomic mass is 10.0. The van der Waals surface area contributed by atoms with Crippen LogP contribution in [0.1, 0.15) is 33.2 Å². The largest absolute Gasteiger partial charge is 0.342 e. The number of amides is 2. The monoisotopic (exact) mass is 370 g/mol. The molecule has 7 heteroatoms. The maximum absolute atomic E-state index is 12.8. The normalized spacial score (nSPS) is 12.3. The van der Waals surface area contributed by atoms with Crippen LogP contribution in [-0.2, 0) is 9.59 Å². The van der Waals surface area contributed by atoms with Crippen LogP contribution in [0.4, 0.5) is 10.8 Å². The number of hydrogen-bond donors (Lipinski definition) is 2. The van der Waals surface area contributed by atoms with Crippen molar-refractivity contribution >= 4 is 44.2 Å². The zero-order valence-electron chi connectivity index (χ0n) is 15.0. The highest BCUT2D eigenvalue weighted by molar-refractivity contribution is 7.22. The Morgan fingerprint density at radius 1 is 1.19 bits per heavy atom. The molecule has 2 N–H and O–H groups in total. The molecule has 0 radical (unpaired) electrons. The van der Waals surface area contributed by atoms with Gasteiger partial charge < -0.3 is 15.2 Å². The van der Waals surface area contributed by atoms with Crippen LogP contribution >= 0.6 is 11.3 Å². The molecule has 0 spiro atoms. The molecule has 2 heterocycles. The van der Waals surface area contributed by atoms with Gasteiger partial charge in [-0.2, -0.15) is 0 Å². The molecule has 1 aromatic carbocycles. The minimum Gasteiger partial charge on any atom is -0.342 e. The summed E-state index contributed by atoms with van der Waals surface area (Å²) in [5.74, 6) is 0.199. The Morgan fingerprint density at radius 3 is 2.58 bits per heavy atom. The summed E-state index contributed by atoms with van der Waals surface area (Å²) in [4.78, 5) is 28.5. The van der Waals surface area contributed by atoms with Crippen molar-refractivity contribution in [2.45, 2.75) is 33.2 Å². The molecular formula is C19H22N4O2S. The van der Waals surface area contributed by atoms with Gasteiger partial charge in [0.25, 0.3) is 0 Å². The van der Waals surface area contributed by atoms with Crippen molar-refractivity contribution < 1.29 is 9.59 Å². The van der Waals surface area contributed by atoms with E-state index in [0.29, 0.717) is 11.0 Å². The van der Waals surface area contributed by atoms with Crippen LogP contribution in [-0.4, -0.2) is 21.4 Å². The van der Waals surface area contributed by atoms with Crippen molar-refractivity contribution in [1.29, 1.82) is 0 Å². The predicted molar refractivity (Wildman–Crippen MR) is 105 cm³/mol. The second-order valence-electron chi connectivity index (χ2n) is 6.65. The summed E-state index contributed by atoms with van der Waals surface area (Å²) < 4.78 is 2.84. The number of anilines is 2. The number of nitrogens with one attached hydrogen (secondary N) is 2. The molecule has 1 atom stereocenters. The Balaban J connectivity index is 1.80. The summed E-state index contributed by atoms with van der Waals surface area (Å²) in [6.07, 6.45) is 4.56. The van der Waals surface area contributed by atoms with E-state index in [1.165, 1.54) is 18.3 Å². The first-order chi connectivity index (χ1) is 12.4. The number of rotatable bonds is 6. The molecule has 26 heavy (non-hydrogen) atoms. The van der Waals surface area contributed by atoms with Crippen LogP contribution < -0.4 is 10.6 Å². The maximum Gasteiger partial charge on any atom is 0.249 e. The van der Waals surface area contributed by atoms with Gasteiger partial charge in [-0.05, 0) is 42.7 Å². The minimum absolute atomic E-state index is 0.0731. The predicted octanol–water partition coefficient (Wildman–Crippen LogP) is 4.28. The molecule has 0 aliphatic carbocycles. The van der Waals surface area contributed by atoms with E-state index in [-0.39, 0.29) is 17.9 Å². The first-order valence-corrected chi connectivity index (χ1v) is 9.35. The third kappa shape index (κ3) is 4.29. The summed E-state index contributed by atoms with van der Waals surface area (Å²) in [6, 6.07) is 9.07. The summed E-state index contributed by atoms with van der Waals surface area (Å²) in [5, 5.41) is 6.26. The number of carbonyl (C=O) groups excluding carboxylic acids is 2. The molecule has 0 aliphatic heterocycles. The zero-order valence-corrected chi connectivity index (χ0v) is 15.8. The van der Waals surface area contributed by atoms with Gasteiger partial charge >= 0.3 is 0 Å². The number of nitrogens with zero attached hydrogens (tertiary/aromatic N) is 2. The lowest BCUT2D eigenvalue weighted by Crippen LogP contribution is -2.26. The van der Waals surface area contributed by atoms with Crippen LogP contribution in [0.5, 0.6) is 0 Å². The van der Waals surface area contributed by atoms with E-state index in [1.54, 1.807) is 6.07 Å². The molecule has 0 saturated carbocycles. The lowest BCUT2D eigenvalue weighted by molar-refractivity contribution is -0.119. The van der Waals surface area contributed by atoms with E-state index in [0.717, 1.165) is 22.3 Å². The van der Waals surface area contributed by atoms with Crippen LogP contribution in [0.3, 0.4) is 0 Å². The van der Waals surface area contributed by atoms with E-state index >= 15 is 0 Å². The van der Waals surface area contributed by atoms with Crippen LogP contribution in [0, 0.1) is 5.92 Å². The SMILES string of the molecule is CC(=O)Nc1ccc2nc(NC(=O)[C@@H](CC(C)C)n3cccc3)sc2c1. The lowest BCUT2D eigenvalue weighted by Gasteiger charge is -2.19. The average Bonchev–Trinajstić information content (AvgIpc) is 3.20. The molecule has 136 valence electrons. The molecule has 2 amide bonds. The van der Waals surface area contributed by atoms with Gasteiger partial charge in [0.05, 0.1) is 10.2 Å². The van der Waals surface area contributed by atoms with Crippen molar-refractivity contribution in [3.8, 4) is 0 Å². The number of benzene rings is 1. The van der Waals surface area contributed by atoms with E-state index in [4.69, 9.17) is 0 Å². The summed E-state index contributed by atoms with van der Waals surface area (Å²) >= 11 is 1.40. The quantitative estimate of drug-likeness (QED) is 0.680. The minimum atomic E-state index is -0.271. The van der Waals surface area contributed by atoms with Gasteiger partial charge in [-0.25, -0.2) is 4.98 Å². The molecule has 0 fully saturated rings. The molecule has 6 nitrogen and oxygen atoms in total. The number of fused-ring (bicyclic) bond motifs is 1. The first kappa shape index (κ1) is 18.1.